The van der Waals surface area contributed by atoms with Crippen LogP contribution in [0.15, 0.2) is 48.8 Å². The van der Waals surface area contributed by atoms with E-state index in [1.165, 1.54) is 33.6 Å². The molecule has 0 aliphatic carbocycles. The molecule has 0 atom stereocenters. The summed E-state index contributed by atoms with van der Waals surface area (Å²) in [5, 5.41) is 0. The second-order valence-corrected chi connectivity index (χ2v) is 13.0. The zero-order valence-electron chi connectivity index (χ0n) is 25.9. The van der Waals surface area contributed by atoms with E-state index in [9.17, 15) is 0 Å². The van der Waals surface area contributed by atoms with Gasteiger partial charge in [0.05, 0.1) is 0 Å². The Bertz CT molecular complexity index is 1080. The van der Waals surface area contributed by atoms with Gasteiger partial charge in [-0.15, -0.1) is 0 Å². The van der Waals surface area contributed by atoms with E-state index in [-0.39, 0.29) is 6.26 Å². The molecule has 1 aromatic heterocycles. The van der Waals surface area contributed by atoms with Crippen LogP contribution in [0.1, 0.15) is 129 Å². The molecule has 1 heterocycles. The van der Waals surface area contributed by atoms with Crippen LogP contribution in [0.5, 0.6) is 0 Å². The van der Waals surface area contributed by atoms with Crippen LogP contribution in [-0.4, -0.2) is 27.7 Å². The fraction of sp³-hybridized carbons (Fsp3) is 0.545. The Kier molecular flexibility index (Phi) is 9.98. The van der Waals surface area contributed by atoms with Gasteiger partial charge < -0.3 is 4.81 Å². The topological polar surface area (TPSA) is 12.0 Å². The average molecular weight is 535 g/mol. The third-order valence-electron chi connectivity index (χ3n) is 7.69. The number of benzene rings is 2. The summed E-state index contributed by atoms with van der Waals surface area (Å²) in [6, 6.07) is 14.2. The number of aromatic nitrogens is 2. The van der Waals surface area contributed by atoms with Crippen molar-refractivity contribution in [2.24, 2.45) is 0 Å². The molecule has 206 valence electrons. The molecule has 3 aromatic rings. The summed E-state index contributed by atoms with van der Waals surface area (Å²) in [4.78, 5) is 2.42. The van der Waals surface area contributed by atoms with Crippen LogP contribution in [0.2, 0.25) is 0 Å². The molecule has 0 bridgehead atoms. The second-order valence-electron chi connectivity index (χ2n) is 12.6. The highest BCUT2D eigenvalue weighted by molar-refractivity contribution is 7.11. The van der Waals surface area contributed by atoms with Crippen molar-refractivity contribution in [2.75, 3.05) is 0 Å². The predicted octanol–water partition coefficient (Wildman–Crippen LogP) is 8.30. The summed E-state index contributed by atoms with van der Waals surface area (Å²) >= 11 is 7.63. The van der Waals surface area contributed by atoms with Crippen LogP contribution in [-0.2, 0) is 0 Å². The molecule has 38 heavy (non-hydrogen) atoms. The molecule has 0 N–H and O–H groups in total. The van der Waals surface area contributed by atoms with Crippen molar-refractivity contribution in [3.8, 4) is 11.4 Å². The van der Waals surface area contributed by atoms with Crippen molar-refractivity contribution in [3.63, 3.8) is 0 Å². The quantitative estimate of drug-likeness (QED) is 0.188. The Morgan fingerprint density at radius 2 is 1.05 bits per heavy atom. The fourth-order valence-corrected chi connectivity index (χ4v) is 6.50. The molecule has 0 radical (unpaired) electrons. The van der Waals surface area contributed by atoms with Gasteiger partial charge in [0.1, 0.15) is 23.8 Å². The van der Waals surface area contributed by atoms with Crippen LogP contribution in [0.4, 0.5) is 0 Å². The van der Waals surface area contributed by atoms with Gasteiger partial charge in [-0.2, -0.15) is 11.5 Å². The predicted molar refractivity (Wildman–Crippen MR) is 167 cm³/mol. The van der Waals surface area contributed by atoms with Gasteiger partial charge in [0.25, 0.3) is 5.72 Å². The van der Waals surface area contributed by atoms with E-state index in [2.05, 4.69) is 146 Å². The first-order valence-corrected chi connectivity index (χ1v) is 15.0. The van der Waals surface area contributed by atoms with Crippen LogP contribution >= 0.6 is 11.5 Å². The first kappa shape index (κ1) is 30.5. The smallest absolute Gasteiger partial charge is 0.314 e. The van der Waals surface area contributed by atoms with Gasteiger partial charge in [-0.25, -0.2) is 9.13 Å². The molecular weight excluding hydrogens is 485 g/mol. The lowest BCUT2D eigenvalue weighted by Crippen LogP contribution is -2.63. The minimum absolute atomic E-state index is 0.295. The van der Waals surface area contributed by atoms with Crippen molar-refractivity contribution < 1.29 is 4.57 Å². The van der Waals surface area contributed by atoms with E-state index in [1.54, 1.807) is 0 Å². The Morgan fingerprint density at radius 1 is 0.658 bits per heavy atom. The number of rotatable bonds is 10. The number of imidazole rings is 1. The van der Waals surface area contributed by atoms with E-state index in [4.69, 9.17) is 11.5 Å². The highest BCUT2D eigenvalue weighted by Crippen LogP contribution is 2.32. The van der Waals surface area contributed by atoms with Crippen molar-refractivity contribution in [3.05, 3.63) is 71.0 Å². The minimum atomic E-state index is -0.314. The fourth-order valence-electron chi connectivity index (χ4n) is 5.84. The lowest BCUT2D eigenvalue weighted by molar-refractivity contribution is -0.577. The van der Waals surface area contributed by atoms with Crippen molar-refractivity contribution in [1.29, 1.82) is 0 Å². The summed E-state index contributed by atoms with van der Waals surface area (Å²) in [5.41, 5.74) is 9.06. The van der Waals surface area contributed by atoms with Gasteiger partial charge in [-0.1, -0.05) is 119 Å². The Hall–Kier alpha value is -2.04. The van der Waals surface area contributed by atoms with Gasteiger partial charge in [-0.3, -0.25) is 0 Å². The molecule has 3 nitrogen and oxygen atoms in total. The molecule has 0 saturated carbocycles. The number of nitrogens with zero attached hydrogens (tertiary/aromatic N) is 3. The summed E-state index contributed by atoms with van der Waals surface area (Å²) in [7, 11) is 0. The maximum Gasteiger partial charge on any atom is 0.467 e. The molecule has 0 saturated heterocycles. The molecule has 3 rings (SSSR count). The van der Waals surface area contributed by atoms with Gasteiger partial charge in [0.15, 0.2) is 0 Å². The van der Waals surface area contributed by atoms with E-state index >= 15 is 0 Å². The Balaban J connectivity index is 2.52. The van der Waals surface area contributed by atoms with Crippen molar-refractivity contribution in [1.82, 2.24) is 9.38 Å². The highest BCUT2D eigenvalue weighted by Gasteiger charge is 2.41. The second kappa shape index (κ2) is 12.4. The molecule has 0 aliphatic heterocycles. The largest absolute Gasteiger partial charge is 0.467 e. The molecule has 0 spiro atoms. The minimum Gasteiger partial charge on any atom is -0.314 e. The van der Waals surface area contributed by atoms with E-state index in [1.807, 2.05) is 0 Å². The van der Waals surface area contributed by atoms with Crippen LogP contribution < -0.4 is 10.3 Å². The van der Waals surface area contributed by atoms with Crippen LogP contribution in [0, 0.1) is 0 Å². The average Bonchev–Trinajstić information content (AvgIpc) is 3.26. The number of halogens is 1. The van der Waals surface area contributed by atoms with Crippen LogP contribution in [0.3, 0.4) is 0 Å². The Morgan fingerprint density at radius 3 is 1.42 bits per heavy atom. The van der Waals surface area contributed by atoms with Crippen molar-refractivity contribution in [2.45, 2.75) is 119 Å². The summed E-state index contributed by atoms with van der Waals surface area (Å²) in [6.45, 7) is 27.3. The van der Waals surface area contributed by atoms with E-state index < -0.39 is 0 Å². The third-order valence-corrected chi connectivity index (χ3v) is 8.11. The maximum atomic E-state index is 7.63. The zero-order valence-corrected chi connectivity index (χ0v) is 26.6. The highest BCUT2D eigenvalue weighted by atomic mass is 35.5. The molecule has 0 fully saturated rings. The standard InChI is InChI=1S/C33H50BClN3/c1-21(2)27-15-13-16-28(22(3)4)31(27)36-19-20-37(33(36)34(35)38(25(9)10)26(11)12)32-29(23(5)6)17-14-18-30(32)24(7)8/h13-26H,1-12H3/q+1. The van der Waals surface area contributed by atoms with Gasteiger partial charge in [0.2, 0.25) is 0 Å². The van der Waals surface area contributed by atoms with Gasteiger partial charge >= 0.3 is 6.26 Å². The summed E-state index contributed by atoms with van der Waals surface area (Å²) < 4.78 is 4.81. The van der Waals surface area contributed by atoms with Crippen molar-refractivity contribution >= 4 is 23.4 Å². The molecular formula is C33H50BClN3+. The molecule has 5 heteroatoms. The van der Waals surface area contributed by atoms with Crippen LogP contribution in [0.25, 0.3) is 11.4 Å². The first-order chi connectivity index (χ1) is 17.8. The van der Waals surface area contributed by atoms with Gasteiger partial charge in [-0.05, 0) is 35.8 Å². The summed E-state index contributed by atoms with van der Waals surface area (Å²) in [5.74, 6) is 1.56. The lowest BCUT2D eigenvalue weighted by Gasteiger charge is -2.32. The Labute approximate surface area is 238 Å². The maximum absolute atomic E-state index is 7.63. The monoisotopic (exact) mass is 534 g/mol. The molecule has 0 unspecified atom stereocenters. The molecule has 0 aliphatic rings. The molecule has 0 amide bonds. The third kappa shape index (κ3) is 5.92. The number of para-hydroxylation sites is 2. The normalized spacial score (nSPS) is 12.4. The summed E-state index contributed by atoms with van der Waals surface area (Å²) in [6.07, 6.45) is 4.18. The van der Waals surface area contributed by atoms with E-state index in [0.717, 1.165) is 5.72 Å². The number of hydrogen-bond donors (Lipinski definition) is 0. The van der Waals surface area contributed by atoms with E-state index in [0.29, 0.717) is 35.8 Å². The zero-order chi connectivity index (χ0) is 28.5. The first-order valence-electron chi connectivity index (χ1n) is 14.6. The lowest BCUT2D eigenvalue weighted by atomic mass is 9.81. The van der Waals surface area contributed by atoms with Gasteiger partial charge in [0, 0.05) is 22.3 Å². The SMILES string of the molecule is CC(C)c1cccc(C(C)C)c1-n1cc[n+](-c2c(C(C)C)cccc2C(C)C)c1B(Cl)N(C(C)C)C(C)C. The molecule has 2 aromatic carbocycles. The number of hydrogen-bond acceptors (Lipinski definition) is 1.